The standard InChI is InChI=1S/C39H43Cl2NO3Si/c1-38(2,3)46(32-15-9-5-10-16-32,33-17-11-6-12-18-33)45-30-19-21-39(22-20-30)23-24-42(37(39)43)27-34-35(40)25-31(26-36(34)41)44-28-29-13-7-4-8-14-29/h4-18,25-26,30H,19-24,27-28H2,1-3H3. The molecule has 1 aliphatic heterocycles. The van der Waals surface area contributed by atoms with E-state index in [-0.39, 0.29) is 22.5 Å². The molecule has 4 nitrogen and oxygen atoms in total. The van der Waals surface area contributed by atoms with E-state index in [0.717, 1.165) is 43.2 Å². The summed E-state index contributed by atoms with van der Waals surface area (Å²) in [5.41, 5.74) is 1.49. The molecule has 1 saturated carbocycles. The molecule has 2 fully saturated rings. The van der Waals surface area contributed by atoms with Crippen LogP contribution in [0.4, 0.5) is 0 Å². The number of rotatable bonds is 9. The average molecular weight is 673 g/mol. The highest BCUT2D eigenvalue weighted by atomic mass is 35.5. The SMILES string of the molecule is CC(C)(C)[Si](OC1CCC2(CC1)CCN(Cc1c(Cl)cc(OCc3ccccc3)cc1Cl)C2=O)(c1ccccc1)c1ccccc1. The summed E-state index contributed by atoms with van der Waals surface area (Å²) in [5, 5.41) is 3.55. The zero-order chi connectivity index (χ0) is 32.4. The Morgan fingerprint density at radius 3 is 1.85 bits per heavy atom. The van der Waals surface area contributed by atoms with E-state index < -0.39 is 8.32 Å². The van der Waals surface area contributed by atoms with Gasteiger partial charge in [0.1, 0.15) is 12.4 Å². The molecular weight excluding hydrogens is 629 g/mol. The van der Waals surface area contributed by atoms with Crippen LogP contribution in [-0.4, -0.2) is 31.8 Å². The van der Waals surface area contributed by atoms with E-state index in [9.17, 15) is 4.79 Å². The molecule has 1 heterocycles. The van der Waals surface area contributed by atoms with E-state index in [0.29, 0.717) is 35.5 Å². The van der Waals surface area contributed by atoms with Crippen molar-refractivity contribution in [3.05, 3.63) is 124 Å². The Morgan fingerprint density at radius 1 is 0.804 bits per heavy atom. The molecule has 0 N–H and O–H groups in total. The van der Waals surface area contributed by atoms with Crippen LogP contribution in [0.25, 0.3) is 0 Å². The van der Waals surface area contributed by atoms with Crippen LogP contribution >= 0.6 is 23.2 Å². The fraction of sp³-hybridized carbons (Fsp3) is 0.359. The van der Waals surface area contributed by atoms with Crippen molar-refractivity contribution < 1.29 is 14.0 Å². The summed E-state index contributed by atoms with van der Waals surface area (Å²) < 4.78 is 13.4. The van der Waals surface area contributed by atoms with Gasteiger partial charge < -0.3 is 14.1 Å². The zero-order valence-electron chi connectivity index (χ0n) is 27.0. The number of hydrogen-bond donors (Lipinski definition) is 0. The summed E-state index contributed by atoms with van der Waals surface area (Å²) in [6.45, 7) is 8.50. The number of ether oxygens (including phenoxy) is 1. The van der Waals surface area contributed by atoms with Crippen molar-refractivity contribution in [3.63, 3.8) is 0 Å². The number of benzene rings is 4. The molecule has 0 unspecified atom stereocenters. The molecule has 4 aromatic carbocycles. The fourth-order valence-electron chi connectivity index (χ4n) is 7.46. The molecule has 1 spiro atoms. The third kappa shape index (κ3) is 6.53. The molecule has 2 aliphatic rings. The topological polar surface area (TPSA) is 38.8 Å². The van der Waals surface area contributed by atoms with Gasteiger partial charge in [0.25, 0.3) is 8.32 Å². The lowest BCUT2D eigenvalue weighted by Gasteiger charge is -2.47. The van der Waals surface area contributed by atoms with Gasteiger partial charge in [0.05, 0.1) is 15.5 Å². The van der Waals surface area contributed by atoms with Crippen LogP contribution in [0.3, 0.4) is 0 Å². The van der Waals surface area contributed by atoms with E-state index in [1.165, 1.54) is 10.4 Å². The van der Waals surface area contributed by atoms with E-state index in [4.69, 9.17) is 32.4 Å². The first kappa shape index (κ1) is 32.8. The molecule has 1 amide bonds. The van der Waals surface area contributed by atoms with Crippen LogP contribution in [0, 0.1) is 5.41 Å². The van der Waals surface area contributed by atoms with Crippen molar-refractivity contribution in [2.45, 2.75) is 77.2 Å². The van der Waals surface area contributed by atoms with Crippen LogP contribution in [-0.2, 0) is 22.4 Å². The number of amides is 1. The molecule has 240 valence electrons. The van der Waals surface area contributed by atoms with Gasteiger partial charge in [0.15, 0.2) is 0 Å². The summed E-state index contributed by atoms with van der Waals surface area (Å²) in [7, 11) is -2.65. The number of halogens is 2. The second-order valence-corrected chi connectivity index (χ2v) is 18.9. The lowest BCUT2D eigenvalue weighted by molar-refractivity contribution is -0.139. The highest BCUT2D eigenvalue weighted by molar-refractivity contribution is 6.99. The predicted molar refractivity (Wildman–Crippen MR) is 191 cm³/mol. The Bertz CT molecular complexity index is 1570. The lowest BCUT2D eigenvalue weighted by Crippen LogP contribution is -2.68. The molecule has 7 heteroatoms. The van der Waals surface area contributed by atoms with E-state index >= 15 is 0 Å². The van der Waals surface area contributed by atoms with Gasteiger partial charge in [-0.2, -0.15) is 0 Å². The van der Waals surface area contributed by atoms with Crippen LogP contribution in [0.1, 0.15) is 64.0 Å². The molecular formula is C39H43Cl2NO3Si. The summed E-state index contributed by atoms with van der Waals surface area (Å²) in [6.07, 6.45) is 4.37. The van der Waals surface area contributed by atoms with Crippen LogP contribution in [0.15, 0.2) is 103 Å². The van der Waals surface area contributed by atoms with Crippen molar-refractivity contribution in [1.82, 2.24) is 4.90 Å². The summed E-state index contributed by atoms with van der Waals surface area (Å²) in [6, 6.07) is 35.2. The molecule has 0 atom stereocenters. The number of hydrogen-bond acceptors (Lipinski definition) is 3. The Morgan fingerprint density at radius 2 is 1.33 bits per heavy atom. The average Bonchev–Trinajstić information content (AvgIpc) is 3.36. The maximum Gasteiger partial charge on any atom is 0.261 e. The number of carbonyl (C=O) groups is 1. The van der Waals surface area contributed by atoms with Gasteiger partial charge in [0, 0.05) is 24.8 Å². The molecule has 0 bridgehead atoms. The monoisotopic (exact) mass is 671 g/mol. The minimum absolute atomic E-state index is 0.0779. The molecule has 1 saturated heterocycles. The molecule has 6 rings (SSSR count). The van der Waals surface area contributed by atoms with Crippen LogP contribution < -0.4 is 15.1 Å². The van der Waals surface area contributed by atoms with Gasteiger partial charge in [-0.1, -0.05) is 135 Å². The highest BCUT2D eigenvalue weighted by Crippen LogP contribution is 2.48. The van der Waals surface area contributed by atoms with Crippen LogP contribution in [0.2, 0.25) is 15.1 Å². The third-order valence-electron chi connectivity index (χ3n) is 9.96. The Kier molecular flexibility index (Phi) is 9.68. The van der Waals surface area contributed by atoms with Crippen molar-refractivity contribution in [2.24, 2.45) is 5.41 Å². The maximum absolute atomic E-state index is 14.0. The van der Waals surface area contributed by atoms with Gasteiger partial charge in [-0.05, 0) is 65.2 Å². The molecule has 4 aromatic rings. The second kappa shape index (κ2) is 13.6. The predicted octanol–water partition coefficient (Wildman–Crippen LogP) is 8.81. The highest BCUT2D eigenvalue weighted by Gasteiger charge is 2.54. The van der Waals surface area contributed by atoms with Gasteiger partial charge >= 0.3 is 0 Å². The first-order valence-corrected chi connectivity index (χ1v) is 19.0. The van der Waals surface area contributed by atoms with Crippen LogP contribution in [0.5, 0.6) is 5.75 Å². The first-order chi connectivity index (χ1) is 22.1. The van der Waals surface area contributed by atoms with Gasteiger partial charge in [-0.25, -0.2) is 0 Å². The van der Waals surface area contributed by atoms with Gasteiger partial charge in [-0.3, -0.25) is 4.79 Å². The van der Waals surface area contributed by atoms with E-state index in [1.807, 2.05) is 35.2 Å². The van der Waals surface area contributed by atoms with Crippen molar-refractivity contribution in [1.29, 1.82) is 0 Å². The molecule has 1 aliphatic carbocycles. The normalized spacial score (nSPS) is 20.3. The minimum atomic E-state index is -2.65. The lowest BCUT2D eigenvalue weighted by atomic mass is 9.72. The van der Waals surface area contributed by atoms with Gasteiger partial charge in [-0.15, -0.1) is 0 Å². The Hall–Kier alpha value is -3.09. The fourth-order valence-corrected chi connectivity index (χ4v) is 12.8. The number of nitrogens with zero attached hydrogens (tertiary/aromatic N) is 1. The van der Waals surface area contributed by atoms with Crippen molar-refractivity contribution >= 4 is 47.8 Å². The second-order valence-electron chi connectivity index (χ2n) is 13.9. The Labute approximate surface area is 284 Å². The number of likely N-dealkylation sites (tertiary alicyclic amines) is 1. The summed E-state index contributed by atoms with van der Waals surface area (Å²) in [5.74, 6) is 0.832. The third-order valence-corrected chi connectivity index (χ3v) is 15.7. The minimum Gasteiger partial charge on any atom is -0.489 e. The largest absolute Gasteiger partial charge is 0.489 e. The zero-order valence-corrected chi connectivity index (χ0v) is 29.5. The van der Waals surface area contributed by atoms with Gasteiger partial charge in [0.2, 0.25) is 5.91 Å². The first-order valence-electron chi connectivity index (χ1n) is 16.3. The molecule has 0 radical (unpaired) electrons. The van der Waals surface area contributed by atoms with E-state index in [1.54, 1.807) is 12.1 Å². The maximum atomic E-state index is 14.0. The summed E-state index contributed by atoms with van der Waals surface area (Å²) in [4.78, 5) is 16.0. The smallest absolute Gasteiger partial charge is 0.261 e. The van der Waals surface area contributed by atoms with Crippen molar-refractivity contribution in [3.8, 4) is 5.75 Å². The van der Waals surface area contributed by atoms with E-state index in [2.05, 4.69) is 81.4 Å². The number of carbonyl (C=O) groups excluding carboxylic acids is 1. The quantitative estimate of drug-likeness (QED) is 0.167. The Balaban J connectivity index is 1.14. The molecule has 0 aromatic heterocycles. The molecule has 46 heavy (non-hydrogen) atoms. The van der Waals surface area contributed by atoms with Crippen molar-refractivity contribution in [2.75, 3.05) is 6.54 Å². The summed E-state index contributed by atoms with van der Waals surface area (Å²) >= 11 is 13.4.